The average molecular weight is 389 g/mol. The zero-order chi connectivity index (χ0) is 19.8. The summed E-state index contributed by atoms with van der Waals surface area (Å²) < 4.78 is 5.59. The maximum absolute atomic E-state index is 13.2. The quantitative estimate of drug-likeness (QED) is 0.744. The average Bonchev–Trinajstić information content (AvgIpc) is 3.41. The summed E-state index contributed by atoms with van der Waals surface area (Å²) in [6.07, 6.45) is 6.33. The Hall–Kier alpha value is -3.22. The fourth-order valence-corrected chi connectivity index (χ4v) is 4.18. The highest BCUT2D eigenvalue weighted by molar-refractivity contribution is 5.95. The third kappa shape index (κ3) is 3.48. The second-order valence-corrected chi connectivity index (χ2v) is 7.75. The van der Waals surface area contributed by atoms with E-state index in [-0.39, 0.29) is 11.8 Å². The molecule has 2 aliphatic rings. The van der Waals surface area contributed by atoms with Crippen molar-refractivity contribution >= 4 is 5.91 Å². The van der Waals surface area contributed by atoms with Crippen molar-refractivity contribution < 1.29 is 9.53 Å². The number of H-pyrrole nitrogens is 1. The Balaban J connectivity index is 1.37. The molecule has 7 nitrogen and oxygen atoms in total. The molecule has 1 aromatic carbocycles. The number of piperidine rings is 1. The first-order valence-electron chi connectivity index (χ1n) is 10.1. The van der Waals surface area contributed by atoms with E-state index in [9.17, 15) is 4.79 Å². The van der Waals surface area contributed by atoms with Crippen molar-refractivity contribution in [1.29, 1.82) is 0 Å². The summed E-state index contributed by atoms with van der Waals surface area (Å²) in [5, 5.41) is 7.19. The molecule has 0 spiro atoms. The number of pyridine rings is 1. The lowest BCUT2D eigenvalue weighted by Gasteiger charge is -2.31. The molecule has 4 heterocycles. The Labute approximate surface area is 169 Å². The molecule has 1 atom stereocenters. The van der Waals surface area contributed by atoms with Gasteiger partial charge in [-0.05, 0) is 49.1 Å². The molecular weight excluding hydrogens is 366 g/mol. The number of amides is 1. The summed E-state index contributed by atoms with van der Waals surface area (Å²) in [5.41, 5.74) is 3.83. The van der Waals surface area contributed by atoms with Crippen LogP contribution in [0.3, 0.4) is 0 Å². The standard InChI is InChI=1S/C22H23N5O2/c1-14-24-21(26-25-14)17-3-2-7-27(13-17)22(28)19-10-18(11-23-12-19)15-4-5-20-16(9-15)6-8-29-20/h4-5,9-12,17H,2-3,6-8,13H2,1H3,(H,24,25,26)/t17-/m1/s1. The van der Waals surface area contributed by atoms with Crippen molar-refractivity contribution in [3.63, 3.8) is 0 Å². The van der Waals surface area contributed by atoms with Gasteiger partial charge in [0.25, 0.3) is 5.91 Å². The van der Waals surface area contributed by atoms with Gasteiger partial charge in [-0.15, -0.1) is 0 Å². The lowest BCUT2D eigenvalue weighted by atomic mass is 9.96. The summed E-state index contributed by atoms with van der Waals surface area (Å²) in [6.45, 7) is 4.01. The van der Waals surface area contributed by atoms with Crippen LogP contribution in [0.5, 0.6) is 5.75 Å². The Bertz CT molecular complexity index is 1060. The molecule has 5 rings (SSSR count). The number of fused-ring (bicyclic) bond motifs is 1. The summed E-state index contributed by atoms with van der Waals surface area (Å²) in [4.78, 5) is 23.9. The van der Waals surface area contributed by atoms with E-state index in [0.29, 0.717) is 12.1 Å². The first-order valence-corrected chi connectivity index (χ1v) is 10.1. The number of aryl methyl sites for hydroxylation is 1. The van der Waals surface area contributed by atoms with E-state index in [1.807, 2.05) is 36.2 Å². The summed E-state index contributed by atoms with van der Waals surface area (Å²) >= 11 is 0. The maximum atomic E-state index is 13.2. The molecule has 1 amide bonds. The molecule has 0 aliphatic carbocycles. The first kappa shape index (κ1) is 17.8. The van der Waals surface area contributed by atoms with E-state index in [2.05, 4.69) is 26.2 Å². The fourth-order valence-electron chi connectivity index (χ4n) is 4.18. The number of nitrogens with one attached hydrogen (secondary N) is 1. The minimum absolute atomic E-state index is 0.0146. The van der Waals surface area contributed by atoms with Gasteiger partial charge in [-0.25, -0.2) is 4.98 Å². The van der Waals surface area contributed by atoms with Crippen LogP contribution < -0.4 is 4.74 Å². The zero-order valence-corrected chi connectivity index (χ0v) is 16.4. The second kappa shape index (κ2) is 7.31. The largest absolute Gasteiger partial charge is 0.493 e. The highest BCUT2D eigenvalue weighted by atomic mass is 16.5. The first-order chi connectivity index (χ1) is 14.2. The van der Waals surface area contributed by atoms with E-state index >= 15 is 0 Å². The smallest absolute Gasteiger partial charge is 0.255 e. The normalized spacial score (nSPS) is 18.4. The number of likely N-dealkylation sites (tertiary alicyclic amines) is 1. The lowest BCUT2D eigenvalue weighted by Crippen LogP contribution is -2.39. The van der Waals surface area contributed by atoms with Gasteiger partial charge in [-0.1, -0.05) is 6.07 Å². The summed E-state index contributed by atoms with van der Waals surface area (Å²) in [6, 6.07) is 8.10. The van der Waals surface area contributed by atoms with Crippen LogP contribution in [0.1, 0.15) is 46.3 Å². The van der Waals surface area contributed by atoms with Gasteiger partial charge in [-0.3, -0.25) is 14.9 Å². The van der Waals surface area contributed by atoms with Crippen LogP contribution in [0, 0.1) is 6.92 Å². The van der Waals surface area contributed by atoms with Crippen LogP contribution >= 0.6 is 0 Å². The van der Waals surface area contributed by atoms with Gasteiger partial charge in [0.1, 0.15) is 11.6 Å². The SMILES string of the molecule is Cc1nc([C@@H]2CCCN(C(=O)c3cncc(-c4ccc5c(c4)CCO5)c3)C2)n[nH]1. The molecule has 0 radical (unpaired) electrons. The number of ether oxygens (including phenoxy) is 1. The number of rotatable bonds is 3. The van der Waals surface area contributed by atoms with Gasteiger partial charge >= 0.3 is 0 Å². The molecule has 3 aromatic rings. The number of carbonyl (C=O) groups is 1. The van der Waals surface area contributed by atoms with E-state index < -0.39 is 0 Å². The molecule has 148 valence electrons. The third-order valence-electron chi connectivity index (χ3n) is 5.70. The van der Waals surface area contributed by atoms with Gasteiger partial charge in [-0.2, -0.15) is 5.10 Å². The molecule has 1 fully saturated rings. The number of benzene rings is 1. The number of nitrogens with zero attached hydrogens (tertiary/aromatic N) is 4. The van der Waals surface area contributed by atoms with Crippen molar-refractivity contribution in [1.82, 2.24) is 25.1 Å². The molecule has 0 bridgehead atoms. The van der Waals surface area contributed by atoms with Crippen molar-refractivity contribution in [3.05, 3.63) is 59.4 Å². The molecule has 2 aromatic heterocycles. The van der Waals surface area contributed by atoms with Crippen LogP contribution in [-0.2, 0) is 6.42 Å². The third-order valence-corrected chi connectivity index (χ3v) is 5.70. The Morgan fingerprint density at radius 2 is 2.17 bits per heavy atom. The zero-order valence-electron chi connectivity index (χ0n) is 16.4. The number of hydrogen-bond donors (Lipinski definition) is 1. The van der Waals surface area contributed by atoms with Gasteiger partial charge in [0.15, 0.2) is 5.82 Å². The summed E-state index contributed by atoms with van der Waals surface area (Å²) in [5.74, 6) is 2.74. The van der Waals surface area contributed by atoms with Crippen molar-refractivity contribution in [3.8, 4) is 16.9 Å². The highest BCUT2D eigenvalue weighted by Crippen LogP contribution is 2.31. The number of carbonyl (C=O) groups excluding carboxylic acids is 1. The second-order valence-electron chi connectivity index (χ2n) is 7.75. The van der Waals surface area contributed by atoms with E-state index in [4.69, 9.17) is 4.74 Å². The molecule has 29 heavy (non-hydrogen) atoms. The minimum Gasteiger partial charge on any atom is -0.493 e. The molecule has 1 saturated heterocycles. The van der Waals surface area contributed by atoms with Crippen LogP contribution in [0.15, 0.2) is 36.7 Å². The Kier molecular flexibility index (Phi) is 4.50. The predicted molar refractivity (Wildman–Crippen MR) is 108 cm³/mol. The van der Waals surface area contributed by atoms with Crippen molar-refractivity contribution in [2.75, 3.05) is 19.7 Å². The monoisotopic (exact) mass is 389 g/mol. The van der Waals surface area contributed by atoms with E-state index in [0.717, 1.165) is 60.9 Å². The minimum atomic E-state index is 0.0146. The number of aromatic amines is 1. The van der Waals surface area contributed by atoms with Crippen LogP contribution in [0.4, 0.5) is 0 Å². The summed E-state index contributed by atoms with van der Waals surface area (Å²) in [7, 11) is 0. The molecular formula is C22H23N5O2. The molecule has 2 aliphatic heterocycles. The van der Waals surface area contributed by atoms with E-state index in [1.54, 1.807) is 6.20 Å². The fraction of sp³-hybridized carbons (Fsp3) is 0.364. The van der Waals surface area contributed by atoms with Gasteiger partial charge in [0.05, 0.1) is 12.2 Å². The predicted octanol–water partition coefficient (Wildman–Crippen LogP) is 3.13. The van der Waals surface area contributed by atoms with Gasteiger partial charge in [0, 0.05) is 43.4 Å². The lowest BCUT2D eigenvalue weighted by molar-refractivity contribution is 0.0704. The van der Waals surface area contributed by atoms with E-state index in [1.165, 1.54) is 5.56 Å². The molecule has 1 N–H and O–H groups in total. The van der Waals surface area contributed by atoms with Crippen molar-refractivity contribution in [2.24, 2.45) is 0 Å². The number of aromatic nitrogens is 4. The Morgan fingerprint density at radius 1 is 1.24 bits per heavy atom. The van der Waals surface area contributed by atoms with Crippen LogP contribution in [-0.4, -0.2) is 50.7 Å². The molecule has 7 heteroatoms. The van der Waals surface area contributed by atoms with Gasteiger partial charge in [0.2, 0.25) is 0 Å². The Morgan fingerprint density at radius 3 is 3.03 bits per heavy atom. The topological polar surface area (TPSA) is 84.0 Å². The van der Waals surface area contributed by atoms with Crippen molar-refractivity contribution in [2.45, 2.75) is 32.1 Å². The van der Waals surface area contributed by atoms with Gasteiger partial charge < -0.3 is 9.64 Å². The maximum Gasteiger partial charge on any atom is 0.255 e. The highest BCUT2D eigenvalue weighted by Gasteiger charge is 2.28. The van der Waals surface area contributed by atoms with Crippen LogP contribution in [0.25, 0.3) is 11.1 Å². The molecule has 0 saturated carbocycles. The number of hydrogen-bond acceptors (Lipinski definition) is 5. The van der Waals surface area contributed by atoms with Crippen LogP contribution in [0.2, 0.25) is 0 Å². The molecule has 0 unspecified atom stereocenters.